The van der Waals surface area contributed by atoms with Crippen LogP contribution in [-0.2, 0) is 10.2 Å². The SMILES string of the molecule is O=S(=O)(N1CCCCCC1)N1CCN(c2nc(-c3ccsc3)nc3ccccc23)CC1. The Balaban J connectivity index is 1.39. The average molecular weight is 458 g/mol. The van der Waals surface area contributed by atoms with E-state index in [0.717, 1.165) is 53.8 Å². The highest BCUT2D eigenvalue weighted by Crippen LogP contribution is 2.29. The smallest absolute Gasteiger partial charge is 0.282 e. The van der Waals surface area contributed by atoms with Crippen LogP contribution in [0.15, 0.2) is 41.1 Å². The van der Waals surface area contributed by atoms with E-state index in [-0.39, 0.29) is 0 Å². The van der Waals surface area contributed by atoms with Gasteiger partial charge in [-0.1, -0.05) is 25.0 Å². The third kappa shape index (κ3) is 4.19. The molecule has 0 bridgehead atoms. The number of aromatic nitrogens is 2. The molecule has 31 heavy (non-hydrogen) atoms. The van der Waals surface area contributed by atoms with Crippen LogP contribution in [0.4, 0.5) is 5.82 Å². The van der Waals surface area contributed by atoms with Gasteiger partial charge < -0.3 is 4.90 Å². The highest BCUT2D eigenvalue weighted by atomic mass is 32.2. The van der Waals surface area contributed by atoms with Crippen molar-refractivity contribution in [3.05, 3.63) is 41.1 Å². The van der Waals surface area contributed by atoms with Gasteiger partial charge in [0.25, 0.3) is 10.2 Å². The third-order valence-electron chi connectivity index (χ3n) is 6.12. The molecule has 2 saturated heterocycles. The normalized spacial score (nSPS) is 19.5. The van der Waals surface area contributed by atoms with Crippen molar-refractivity contribution in [3.8, 4) is 11.4 Å². The predicted molar refractivity (Wildman–Crippen MR) is 126 cm³/mol. The van der Waals surface area contributed by atoms with Crippen molar-refractivity contribution < 1.29 is 8.42 Å². The minimum absolute atomic E-state index is 0.477. The molecular weight excluding hydrogens is 430 g/mol. The van der Waals surface area contributed by atoms with Crippen LogP contribution in [0.25, 0.3) is 22.3 Å². The molecule has 0 spiro atoms. The maximum atomic E-state index is 13.2. The van der Waals surface area contributed by atoms with Crippen LogP contribution in [0.5, 0.6) is 0 Å². The number of thiophene rings is 1. The second-order valence-electron chi connectivity index (χ2n) is 8.11. The summed E-state index contributed by atoms with van der Waals surface area (Å²) in [5, 5.41) is 5.09. The summed E-state index contributed by atoms with van der Waals surface area (Å²) in [4.78, 5) is 11.9. The number of hydrogen-bond donors (Lipinski definition) is 0. The molecule has 1 aromatic carbocycles. The Bertz CT molecular complexity index is 1130. The van der Waals surface area contributed by atoms with Crippen molar-refractivity contribution in [3.63, 3.8) is 0 Å². The van der Waals surface area contributed by atoms with Gasteiger partial charge in [-0.05, 0) is 36.4 Å². The number of rotatable bonds is 4. The van der Waals surface area contributed by atoms with Crippen molar-refractivity contribution in [1.82, 2.24) is 18.6 Å². The monoisotopic (exact) mass is 457 g/mol. The highest BCUT2D eigenvalue weighted by Gasteiger charge is 2.33. The average Bonchev–Trinajstić information content (AvgIpc) is 3.20. The van der Waals surface area contributed by atoms with Gasteiger partial charge in [-0.2, -0.15) is 28.4 Å². The summed E-state index contributed by atoms with van der Waals surface area (Å²) in [6.07, 6.45) is 4.15. The first-order chi connectivity index (χ1) is 15.1. The zero-order valence-electron chi connectivity index (χ0n) is 17.5. The van der Waals surface area contributed by atoms with Gasteiger partial charge in [0.1, 0.15) is 5.82 Å². The second kappa shape index (κ2) is 8.82. The first-order valence-corrected chi connectivity index (χ1v) is 13.3. The Labute approximate surface area is 187 Å². The van der Waals surface area contributed by atoms with Crippen LogP contribution in [0.1, 0.15) is 25.7 Å². The molecule has 0 radical (unpaired) electrons. The summed E-state index contributed by atoms with van der Waals surface area (Å²) in [5.41, 5.74) is 1.92. The van der Waals surface area contributed by atoms with E-state index in [2.05, 4.69) is 10.3 Å². The van der Waals surface area contributed by atoms with Crippen molar-refractivity contribution in [2.45, 2.75) is 25.7 Å². The number of anilines is 1. The quantitative estimate of drug-likeness (QED) is 0.599. The predicted octanol–water partition coefficient (Wildman–Crippen LogP) is 3.60. The lowest BCUT2D eigenvalue weighted by Gasteiger charge is -2.37. The van der Waals surface area contributed by atoms with E-state index in [4.69, 9.17) is 9.97 Å². The summed E-state index contributed by atoms with van der Waals surface area (Å²) in [5.74, 6) is 1.60. The van der Waals surface area contributed by atoms with Crippen molar-refractivity contribution in [2.75, 3.05) is 44.2 Å². The Kier molecular flexibility index (Phi) is 5.92. The first-order valence-electron chi connectivity index (χ1n) is 10.9. The molecule has 0 N–H and O–H groups in total. The van der Waals surface area contributed by atoms with Crippen molar-refractivity contribution >= 4 is 38.3 Å². The van der Waals surface area contributed by atoms with E-state index >= 15 is 0 Å². The van der Waals surface area contributed by atoms with E-state index in [1.54, 1.807) is 19.9 Å². The lowest BCUT2D eigenvalue weighted by Crippen LogP contribution is -2.53. The second-order valence-corrected chi connectivity index (χ2v) is 10.8. The number of hydrogen-bond acceptors (Lipinski definition) is 6. The molecule has 164 valence electrons. The fourth-order valence-electron chi connectivity index (χ4n) is 4.39. The van der Waals surface area contributed by atoms with Gasteiger partial charge in [-0.3, -0.25) is 0 Å². The first kappa shape index (κ1) is 20.8. The summed E-state index contributed by atoms with van der Waals surface area (Å²) in [6, 6.07) is 10.1. The molecule has 2 fully saturated rings. The Morgan fingerprint density at radius 1 is 0.806 bits per heavy atom. The van der Waals surface area contributed by atoms with Crippen LogP contribution < -0.4 is 4.90 Å². The van der Waals surface area contributed by atoms with Gasteiger partial charge in [0.15, 0.2) is 5.82 Å². The molecule has 0 saturated carbocycles. The van der Waals surface area contributed by atoms with Crippen LogP contribution in [0.2, 0.25) is 0 Å². The molecule has 2 aromatic heterocycles. The lowest BCUT2D eigenvalue weighted by molar-refractivity contribution is 0.327. The topological polar surface area (TPSA) is 69.6 Å². The molecule has 2 aliphatic heterocycles. The van der Waals surface area contributed by atoms with E-state index < -0.39 is 10.2 Å². The minimum atomic E-state index is -3.39. The van der Waals surface area contributed by atoms with E-state index in [1.807, 2.05) is 35.7 Å². The molecule has 0 atom stereocenters. The zero-order valence-corrected chi connectivity index (χ0v) is 19.1. The van der Waals surface area contributed by atoms with E-state index in [0.29, 0.717) is 39.3 Å². The number of piperazine rings is 1. The summed E-state index contributed by atoms with van der Waals surface area (Å²) in [6.45, 7) is 3.48. The maximum absolute atomic E-state index is 13.2. The molecule has 9 heteroatoms. The molecule has 7 nitrogen and oxygen atoms in total. The number of nitrogens with zero attached hydrogens (tertiary/aromatic N) is 5. The van der Waals surface area contributed by atoms with Crippen LogP contribution in [0, 0.1) is 0 Å². The lowest BCUT2D eigenvalue weighted by atomic mass is 10.2. The molecule has 2 aliphatic rings. The number of benzene rings is 1. The fraction of sp³-hybridized carbons (Fsp3) is 0.455. The van der Waals surface area contributed by atoms with E-state index in [1.165, 1.54) is 0 Å². The molecular formula is C22H27N5O2S2. The molecule has 4 heterocycles. The Morgan fingerprint density at radius 3 is 2.23 bits per heavy atom. The number of para-hydroxylation sites is 1. The molecule has 0 aliphatic carbocycles. The van der Waals surface area contributed by atoms with Gasteiger partial charge in [-0.15, -0.1) is 0 Å². The zero-order chi connectivity index (χ0) is 21.3. The van der Waals surface area contributed by atoms with Gasteiger partial charge in [0.2, 0.25) is 0 Å². The Morgan fingerprint density at radius 2 is 1.52 bits per heavy atom. The van der Waals surface area contributed by atoms with Gasteiger partial charge >= 0.3 is 0 Å². The fourth-order valence-corrected chi connectivity index (χ4v) is 6.69. The van der Waals surface area contributed by atoms with E-state index in [9.17, 15) is 8.42 Å². The maximum Gasteiger partial charge on any atom is 0.282 e. The van der Waals surface area contributed by atoms with Gasteiger partial charge in [-0.25, -0.2) is 9.97 Å². The van der Waals surface area contributed by atoms with Crippen molar-refractivity contribution in [1.29, 1.82) is 0 Å². The number of fused-ring (bicyclic) bond motifs is 1. The molecule has 0 unspecified atom stereocenters. The standard InChI is InChI=1S/C22H27N5O2S2/c28-31(29,26-10-5-1-2-6-11-26)27-14-12-25(13-15-27)22-19-7-3-4-8-20(19)23-21(24-22)18-9-16-30-17-18/h3-4,7-9,16-17H,1-2,5-6,10-15H2. The van der Waals surface area contributed by atoms with Crippen LogP contribution in [-0.4, -0.2) is 66.3 Å². The van der Waals surface area contributed by atoms with Gasteiger partial charge in [0, 0.05) is 55.6 Å². The Hall–Kier alpha value is -2.07. The summed E-state index contributed by atoms with van der Waals surface area (Å²) < 4.78 is 29.7. The van der Waals surface area contributed by atoms with Crippen LogP contribution >= 0.6 is 11.3 Å². The van der Waals surface area contributed by atoms with Gasteiger partial charge in [0.05, 0.1) is 5.52 Å². The van der Waals surface area contributed by atoms with Crippen LogP contribution in [0.3, 0.4) is 0 Å². The van der Waals surface area contributed by atoms with Crippen molar-refractivity contribution in [2.24, 2.45) is 0 Å². The largest absolute Gasteiger partial charge is 0.353 e. The highest BCUT2D eigenvalue weighted by molar-refractivity contribution is 7.86. The molecule has 0 amide bonds. The summed E-state index contributed by atoms with van der Waals surface area (Å²) in [7, 11) is -3.39. The third-order valence-corrected chi connectivity index (χ3v) is 8.84. The molecule has 3 aromatic rings. The molecule has 5 rings (SSSR count). The summed E-state index contributed by atoms with van der Waals surface area (Å²) >= 11 is 1.63. The minimum Gasteiger partial charge on any atom is -0.353 e.